The Bertz CT molecular complexity index is 431. The Hall–Kier alpha value is -1.65. The van der Waals surface area contributed by atoms with Crippen LogP contribution in [0.1, 0.15) is 0 Å². The second-order valence-electron chi connectivity index (χ2n) is 2.39. The zero-order valence-corrected chi connectivity index (χ0v) is 7.03. The molecule has 0 radical (unpaired) electrons. The third kappa shape index (κ3) is 1.93. The summed E-state index contributed by atoms with van der Waals surface area (Å²) in [5, 5.41) is 1.73. The fourth-order valence-corrected chi connectivity index (χ4v) is 1.13. The highest BCUT2D eigenvalue weighted by Crippen LogP contribution is 2.05. The summed E-state index contributed by atoms with van der Waals surface area (Å²) in [4.78, 5) is 13.7. The maximum atomic E-state index is 11.1. The number of fused-ring (bicyclic) bond motifs is 1. The third-order valence-corrected chi connectivity index (χ3v) is 1.68. The Morgan fingerprint density at radius 1 is 1.08 bits per heavy atom. The third-order valence-electron chi connectivity index (χ3n) is 1.68. The molecule has 4 heteroatoms. The predicted molar refractivity (Wildman–Crippen MR) is 52.9 cm³/mol. The molecule has 1 aromatic carbocycles. The van der Waals surface area contributed by atoms with Crippen molar-refractivity contribution in [3.8, 4) is 0 Å². The maximum absolute atomic E-state index is 11.1. The summed E-state index contributed by atoms with van der Waals surface area (Å²) in [6.07, 6.45) is 1.66. The molecule has 0 unspecified atom stereocenters. The molecule has 1 heterocycles. The highest BCUT2D eigenvalue weighted by molar-refractivity contribution is 5.80. The Morgan fingerprint density at radius 2 is 1.77 bits per heavy atom. The van der Waals surface area contributed by atoms with Crippen molar-refractivity contribution in [3.63, 3.8) is 0 Å². The highest BCUT2D eigenvalue weighted by atomic mass is 16.1. The van der Waals surface area contributed by atoms with Crippen LogP contribution in [0.25, 0.3) is 10.8 Å². The lowest BCUT2D eigenvalue weighted by Gasteiger charge is -1.92. The number of aromatic amines is 1. The second-order valence-corrected chi connectivity index (χ2v) is 2.39. The number of pyridine rings is 1. The minimum absolute atomic E-state index is 0.0249. The molecule has 2 aromatic rings. The van der Waals surface area contributed by atoms with Gasteiger partial charge in [-0.1, -0.05) is 18.2 Å². The van der Waals surface area contributed by atoms with Crippen molar-refractivity contribution >= 4 is 10.8 Å². The molecule has 0 aliphatic heterocycles. The van der Waals surface area contributed by atoms with E-state index >= 15 is 0 Å². The summed E-state index contributed by atoms with van der Waals surface area (Å²) < 4.78 is 0. The van der Waals surface area contributed by atoms with Gasteiger partial charge in [0.25, 0.3) is 5.56 Å². The van der Waals surface area contributed by atoms with Gasteiger partial charge in [-0.15, -0.1) is 0 Å². The van der Waals surface area contributed by atoms with E-state index in [-0.39, 0.29) is 5.56 Å². The van der Waals surface area contributed by atoms with Crippen molar-refractivity contribution < 1.29 is 0 Å². The first kappa shape index (κ1) is 9.44. The summed E-state index contributed by atoms with van der Waals surface area (Å²) in [5.41, 5.74) is -0.0249. The molecule has 4 nitrogen and oxygen atoms in total. The van der Waals surface area contributed by atoms with Gasteiger partial charge < -0.3 is 4.98 Å². The lowest BCUT2D eigenvalue weighted by molar-refractivity contribution is 1.26. The number of nitrogens with one attached hydrogen (secondary N) is 1. The summed E-state index contributed by atoms with van der Waals surface area (Å²) in [6, 6.07) is 9.40. The monoisotopic (exact) mass is 177 g/mol. The number of nitrogens with two attached hydrogens (primary N) is 2. The van der Waals surface area contributed by atoms with Gasteiger partial charge in [0.1, 0.15) is 0 Å². The fourth-order valence-electron chi connectivity index (χ4n) is 1.13. The smallest absolute Gasteiger partial charge is 0.255 e. The lowest BCUT2D eigenvalue weighted by atomic mass is 10.2. The number of hydrazine groups is 1. The minimum atomic E-state index is -0.0249. The SMILES string of the molecule is NN.O=c1[nH]ccc2ccccc12. The number of aromatic nitrogens is 1. The zero-order chi connectivity index (χ0) is 9.68. The number of H-pyrrole nitrogens is 1. The quantitative estimate of drug-likeness (QED) is 0.401. The Kier molecular flexibility index (Phi) is 3.19. The van der Waals surface area contributed by atoms with E-state index in [1.807, 2.05) is 30.3 Å². The van der Waals surface area contributed by atoms with Gasteiger partial charge in [0.15, 0.2) is 0 Å². The van der Waals surface area contributed by atoms with Crippen molar-refractivity contribution in [3.05, 3.63) is 46.9 Å². The molecule has 0 fully saturated rings. The lowest BCUT2D eigenvalue weighted by Crippen LogP contribution is -2.03. The molecule has 0 bridgehead atoms. The molecule has 0 saturated carbocycles. The molecule has 2 rings (SSSR count). The molecule has 0 atom stereocenters. The molecule has 0 aliphatic carbocycles. The van der Waals surface area contributed by atoms with Crippen LogP contribution in [-0.4, -0.2) is 4.98 Å². The van der Waals surface area contributed by atoms with Crippen LogP contribution < -0.4 is 17.2 Å². The van der Waals surface area contributed by atoms with Gasteiger partial charge in [-0.3, -0.25) is 16.5 Å². The average Bonchev–Trinajstić information content (AvgIpc) is 2.22. The summed E-state index contributed by atoms with van der Waals surface area (Å²) in [7, 11) is 0. The Morgan fingerprint density at radius 3 is 2.46 bits per heavy atom. The number of benzene rings is 1. The van der Waals surface area contributed by atoms with Crippen LogP contribution >= 0.6 is 0 Å². The van der Waals surface area contributed by atoms with E-state index in [2.05, 4.69) is 16.7 Å². The molecular weight excluding hydrogens is 166 g/mol. The molecule has 68 valence electrons. The van der Waals surface area contributed by atoms with Gasteiger partial charge in [-0.05, 0) is 17.5 Å². The number of hydrogen-bond donors (Lipinski definition) is 3. The van der Waals surface area contributed by atoms with E-state index < -0.39 is 0 Å². The van der Waals surface area contributed by atoms with Crippen molar-refractivity contribution in [2.24, 2.45) is 11.7 Å². The van der Waals surface area contributed by atoms with Gasteiger partial charge in [0, 0.05) is 11.6 Å². The van der Waals surface area contributed by atoms with Crippen LogP contribution in [0.5, 0.6) is 0 Å². The van der Waals surface area contributed by atoms with E-state index in [0.717, 1.165) is 10.8 Å². The molecule has 0 amide bonds. The van der Waals surface area contributed by atoms with Crippen molar-refractivity contribution in [2.45, 2.75) is 0 Å². The standard InChI is InChI=1S/C9H7NO.H4N2/c11-9-8-4-2-1-3-7(8)5-6-10-9;1-2/h1-6H,(H,10,11);1-2H2. The molecule has 1 aromatic heterocycles. The van der Waals surface area contributed by atoms with Gasteiger partial charge in [-0.25, -0.2) is 0 Å². The first-order chi connectivity index (χ1) is 6.38. The van der Waals surface area contributed by atoms with Crippen molar-refractivity contribution in [1.82, 2.24) is 4.98 Å². The largest absolute Gasteiger partial charge is 0.329 e. The minimum Gasteiger partial charge on any atom is -0.329 e. The first-order valence-electron chi connectivity index (χ1n) is 3.78. The van der Waals surface area contributed by atoms with Gasteiger partial charge in [-0.2, -0.15) is 0 Å². The Labute approximate surface area is 75.1 Å². The van der Waals surface area contributed by atoms with E-state index in [4.69, 9.17) is 0 Å². The summed E-state index contributed by atoms with van der Waals surface area (Å²) >= 11 is 0. The number of hydrogen-bond acceptors (Lipinski definition) is 3. The molecule has 0 spiro atoms. The van der Waals surface area contributed by atoms with Crippen LogP contribution in [0.2, 0.25) is 0 Å². The van der Waals surface area contributed by atoms with Crippen LogP contribution in [0.3, 0.4) is 0 Å². The molecular formula is C9H11N3O. The highest BCUT2D eigenvalue weighted by Gasteiger charge is 1.92. The van der Waals surface area contributed by atoms with E-state index in [1.54, 1.807) is 6.20 Å². The maximum Gasteiger partial charge on any atom is 0.255 e. The van der Waals surface area contributed by atoms with Crippen LogP contribution in [0.4, 0.5) is 0 Å². The van der Waals surface area contributed by atoms with Gasteiger partial charge >= 0.3 is 0 Å². The van der Waals surface area contributed by atoms with Crippen LogP contribution in [0, 0.1) is 0 Å². The normalized spacial score (nSPS) is 9.08. The van der Waals surface area contributed by atoms with E-state index in [9.17, 15) is 4.79 Å². The first-order valence-corrected chi connectivity index (χ1v) is 3.78. The summed E-state index contributed by atoms with van der Waals surface area (Å²) in [6.45, 7) is 0. The van der Waals surface area contributed by atoms with Crippen molar-refractivity contribution in [2.75, 3.05) is 0 Å². The topological polar surface area (TPSA) is 84.9 Å². The molecule has 5 N–H and O–H groups in total. The van der Waals surface area contributed by atoms with Crippen molar-refractivity contribution in [1.29, 1.82) is 0 Å². The average molecular weight is 177 g/mol. The van der Waals surface area contributed by atoms with E-state index in [1.165, 1.54) is 0 Å². The molecule has 13 heavy (non-hydrogen) atoms. The predicted octanol–water partition coefficient (Wildman–Crippen LogP) is 0.347. The summed E-state index contributed by atoms with van der Waals surface area (Å²) in [5.74, 6) is 8.00. The number of rotatable bonds is 0. The van der Waals surface area contributed by atoms with Gasteiger partial charge in [0.05, 0.1) is 0 Å². The molecule has 0 saturated heterocycles. The van der Waals surface area contributed by atoms with Gasteiger partial charge in [0.2, 0.25) is 0 Å². The van der Waals surface area contributed by atoms with Crippen LogP contribution in [0.15, 0.2) is 41.3 Å². The zero-order valence-electron chi connectivity index (χ0n) is 7.03. The Balaban J connectivity index is 0.000000396. The van der Waals surface area contributed by atoms with Crippen LogP contribution in [-0.2, 0) is 0 Å². The molecule has 0 aliphatic rings. The fraction of sp³-hybridized carbons (Fsp3) is 0. The second kappa shape index (κ2) is 4.39. The van der Waals surface area contributed by atoms with E-state index in [0.29, 0.717) is 0 Å².